The van der Waals surface area contributed by atoms with Crippen molar-refractivity contribution in [3.8, 4) is 0 Å². The third-order valence-electron chi connectivity index (χ3n) is 6.50. The van der Waals surface area contributed by atoms with E-state index in [0.717, 1.165) is 4.57 Å². The van der Waals surface area contributed by atoms with Gasteiger partial charge in [-0.25, -0.2) is 19.2 Å². The van der Waals surface area contributed by atoms with E-state index >= 15 is 0 Å². The van der Waals surface area contributed by atoms with Crippen molar-refractivity contribution < 1.29 is 33.3 Å². The molecule has 3 atom stereocenters. The number of aryl methyl sites for hydroxylation is 1. The van der Waals surface area contributed by atoms with Crippen LogP contribution in [0.4, 0.5) is 4.79 Å². The minimum Gasteiger partial charge on any atom is -0.459 e. The average Bonchev–Trinajstić information content (AvgIpc) is 3.34. The summed E-state index contributed by atoms with van der Waals surface area (Å²) >= 11 is 11.8. The monoisotopic (exact) mass is 631 g/mol. The zero-order valence-electron chi connectivity index (χ0n) is 22.8. The Morgan fingerprint density at radius 3 is 2.26 bits per heavy atom. The number of hydrogen-bond donors (Lipinski definition) is 2. The summed E-state index contributed by atoms with van der Waals surface area (Å²) in [6, 6.07) is 12.0. The van der Waals surface area contributed by atoms with Gasteiger partial charge in [0.25, 0.3) is 5.56 Å². The van der Waals surface area contributed by atoms with Crippen LogP contribution in [0, 0.1) is 6.92 Å². The predicted molar refractivity (Wildman–Crippen MR) is 155 cm³/mol. The van der Waals surface area contributed by atoms with E-state index in [1.165, 1.54) is 67.7 Å². The molecule has 1 aromatic heterocycles. The van der Waals surface area contributed by atoms with Crippen LogP contribution in [-0.2, 0) is 24.7 Å². The number of ether oxygens (including phenoxy) is 4. The summed E-state index contributed by atoms with van der Waals surface area (Å²) in [5.74, 6) is -1.44. The van der Waals surface area contributed by atoms with Gasteiger partial charge in [0.05, 0.1) is 17.7 Å². The highest BCUT2D eigenvalue weighted by molar-refractivity contribution is 6.31. The van der Waals surface area contributed by atoms with Crippen LogP contribution < -0.4 is 16.6 Å². The first-order valence-corrected chi connectivity index (χ1v) is 13.7. The molecule has 3 aromatic rings. The Morgan fingerprint density at radius 1 is 1.05 bits per heavy atom. The van der Waals surface area contributed by atoms with Crippen LogP contribution in [0.3, 0.4) is 0 Å². The lowest BCUT2D eigenvalue weighted by atomic mass is 10.1. The van der Waals surface area contributed by atoms with Gasteiger partial charge in [0.2, 0.25) is 0 Å². The molecule has 0 radical (unpaired) electrons. The maximum absolute atomic E-state index is 13.1. The van der Waals surface area contributed by atoms with Gasteiger partial charge in [-0.3, -0.25) is 14.3 Å². The van der Waals surface area contributed by atoms with E-state index in [1.807, 2.05) is 0 Å². The second kappa shape index (κ2) is 13.7. The fraction of sp³-hybridized carbons (Fsp3) is 0.276. The molecule has 43 heavy (non-hydrogen) atoms. The topological polar surface area (TPSA) is 155 Å². The number of halogens is 2. The lowest BCUT2D eigenvalue weighted by molar-refractivity contribution is -0.119. The minimum atomic E-state index is -1.71. The molecule has 4 rings (SSSR count). The van der Waals surface area contributed by atoms with Gasteiger partial charge in [-0.2, -0.15) is 0 Å². The number of hydrogen-bond acceptors (Lipinski definition) is 9. The summed E-state index contributed by atoms with van der Waals surface area (Å²) in [5, 5.41) is 3.36. The molecule has 0 spiro atoms. The fourth-order valence-electron chi connectivity index (χ4n) is 4.35. The van der Waals surface area contributed by atoms with Crippen molar-refractivity contribution in [2.45, 2.75) is 31.3 Å². The number of benzene rings is 2. The predicted octanol–water partition coefficient (Wildman–Crippen LogP) is 3.59. The molecule has 1 fully saturated rings. The Morgan fingerprint density at radius 2 is 1.65 bits per heavy atom. The molecule has 1 aliphatic heterocycles. The zero-order valence-corrected chi connectivity index (χ0v) is 24.4. The van der Waals surface area contributed by atoms with Crippen LogP contribution in [0.5, 0.6) is 0 Å². The molecule has 0 unspecified atom stereocenters. The summed E-state index contributed by atoms with van der Waals surface area (Å²) in [6.45, 7) is 4.12. The van der Waals surface area contributed by atoms with E-state index in [9.17, 15) is 24.0 Å². The van der Waals surface area contributed by atoms with Gasteiger partial charge in [-0.1, -0.05) is 35.9 Å². The molecule has 2 aromatic carbocycles. The summed E-state index contributed by atoms with van der Waals surface area (Å²) < 4.78 is 23.6. The van der Waals surface area contributed by atoms with Crippen molar-refractivity contribution in [2.75, 3.05) is 19.8 Å². The summed E-state index contributed by atoms with van der Waals surface area (Å²) in [5.41, 5.74) is -2.61. The van der Waals surface area contributed by atoms with Crippen molar-refractivity contribution in [1.82, 2.24) is 14.9 Å². The SMILES string of the molecule is C=CCOC(=O)NC[C@]1(n2cc(C)c(=O)[nH]c2=O)C[C@H](OC(=O)c2ccc(Cl)cc2)[C@@H](COC(=O)c2ccc(Cl)cc2)O1. The highest BCUT2D eigenvalue weighted by Crippen LogP contribution is 2.36. The number of esters is 2. The first-order chi connectivity index (χ1) is 20.5. The molecule has 226 valence electrons. The number of amides is 1. The third kappa shape index (κ3) is 7.72. The van der Waals surface area contributed by atoms with E-state index in [1.54, 1.807) is 0 Å². The third-order valence-corrected chi connectivity index (χ3v) is 7.01. The number of alkyl carbamates (subject to hydrolysis) is 1. The summed E-state index contributed by atoms with van der Waals surface area (Å²) in [7, 11) is 0. The van der Waals surface area contributed by atoms with Crippen LogP contribution in [0.15, 0.2) is 77.0 Å². The van der Waals surface area contributed by atoms with Gasteiger partial charge in [-0.15, -0.1) is 0 Å². The van der Waals surface area contributed by atoms with Crippen molar-refractivity contribution in [2.24, 2.45) is 0 Å². The van der Waals surface area contributed by atoms with E-state index in [2.05, 4.69) is 16.9 Å². The Bertz CT molecular complexity index is 1620. The van der Waals surface area contributed by atoms with Gasteiger partial charge in [-0.05, 0) is 55.5 Å². The lowest BCUT2D eigenvalue weighted by Gasteiger charge is -2.31. The van der Waals surface area contributed by atoms with Crippen LogP contribution in [0.1, 0.15) is 32.7 Å². The van der Waals surface area contributed by atoms with E-state index in [0.29, 0.717) is 10.0 Å². The number of nitrogens with one attached hydrogen (secondary N) is 2. The normalized spacial score (nSPS) is 19.3. The first-order valence-electron chi connectivity index (χ1n) is 12.9. The molecule has 1 aliphatic rings. The quantitative estimate of drug-likeness (QED) is 0.194. The molecule has 0 aliphatic carbocycles. The molecule has 1 amide bonds. The molecule has 0 bridgehead atoms. The number of carbonyl (C=O) groups excluding carboxylic acids is 3. The molecular formula is C29H27Cl2N3O9. The number of aromatic amines is 1. The Kier molecular flexibility index (Phi) is 10.1. The zero-order chi connectivity index (χ0) is 31.1. The smallest absolute Gasteiger partial charge is 0.407 e. The van der Waals surface area contributed by atoms with Gasteiger partial charge < -0.3 is 24.3 Å². The minimum absolute atomic E-state index is 0.0813. The second-order valence-electron chi connectivity index (χ2n) is 9.54. The van der Waals surface area contributed by atoms with Crippen LogP contribution in [0.2, 0.25) is 10.0 Å². The maximum atomic E-state index is 13.1. The van der Waals surface area contributed by atoms with E-state index < -0.39 is 53.8 Å². The van der Waals surface area contributed by atoms with Crippen LogP contribution in [-0.4, -0.2) is 59.5 Å². The van der Waals surface area contributed by atoms with E-state index in [-0.39, 0.29) is 36.3 Å². The van der Waals surface area contributed by atoms with Crippen LogP contribution >= 0.6 is 23.2 Å². The Labute approximate surface area is 255 Å². The molecule has 2 heterocycles. The number of rotatable bonds is 10. The number of carbonyl (C=O) groups is 3. The first kappa shape index (κ1) is 31.5. The molecule has 14 heteroatoms. The largest absolute Gasteiger partial charge is 0.459 e. The number of aromatic nitrogens is 2. The van der Waals surface area contributed by atoms with Crippen molar-refractivity contribution in [1.29, 1.82) is 0 Å². The van der Waals surface area contributed by atoms with Crippen molar-refractivity contribution >= 4 is 41.2 Å². The van der Waals surface area contributed by atoms with Gasteiger partial charge >= 0.3 is 23.7 Å². The van der Waals surface area contributed by atoms with Gasteiger partial charge in [0, 0.05) is 28.2 Å². The average molecular weight is 632 g/mol. The highest BCUT2D eigenvalue weighted by atomic mass is 35.5. The molecular weight excluding hydrogens is 605 g/mol. The Balaban J connectivity index is 1.67. The summed E-state index contributed by atoms with van der Waals surface area (Å²) in [6.07, 6.45) is -0.608. The van der Waals surface area contributed by atoms with E-state index in [4.69, 9.17) is 42.1 Å². The van der Waals surface area contributed by atoms with Crippen molar-refractivity contribution in [3.05, 3.63) is 115 Å². The molecule has 0 saturated carbocycles. The summed E-state index contributed by atoms with van der Waals surface area (Å²) in [4.78, 5) is 65.5. The number of H-pyrrole nitrogens is 1. The van der Waals surface area contributed by atoms with Crippen molar-refractivity contribution in [3.63, 3.8) is 0 Å². The maximum Gasteiger partial charge on any atom is 0.407 e. The Hall–Kier alpha value is -4.39. The lowest BCUT2D eigenvalue weighted by Crippen LogP contribution is -2.51. The molecule has 1 saturated heterocycles. The highest BCUT2D eigenvalue weighted by Gasteiger charge is 2.51. The number of nitrogens with zero attached hydrogens (tertiary/aromatic N) is 1. The van der Waals surface area contributed by atoms with Gasteiger partial charge in [0.15, 0.2) is 5.72 Å². The second-order valence-corrected chi connectivity index (χ2v) is 10.4. The fourth-order valence-corrected chi connectivity index (χ4v) is 4.60. The van der Waals surface area contributed by atoms with Gasteiger partial charge in [0.1, 0.15) is 25.4 Å². The molecule has 2 N–H and O–H groups in total. The molecule has 12 nitrogen and oxygen atoms in total. The van der Waals surface area contributed by atoms with Crippen LogP contribution in [0.25, 0.3) is 0 Å². The standard InChI is InChI=1S/C29H27Cl2N3O9/c1-3-12-40-28(39)32-16-29(34-14-17(2)24(35)33-27(34)38)13-22(42-26(37)19-6-10-21(31)11-7-19)23(43-29)15-41-25(36)18-4-8-20(30)9-5-18/h3-11,14,22-23H,1,12-13,15-16H2,2H3,(H,32,39)(H,33,35,38)/t22-,23+,29-/m0/s1.